The second-order valence-corrected chi connectivity index (χ2v) is 8.61. The van der Waals surface area contributed by atoms with Crippen LogP contribution in [0.4, 0.5) is 0 Å². The van der Waals surface area contributed by atoms with Gasteiger partial charge in [-0.1, -0.05) is 80.6 Å². The molecule has 3 aromatic rings. The number of carbonyl (C=O) groups excluding carboxylic acids is 1. The van der Waals surface area contributed by atoms with E-state index in [1.807, 2.05) is 66.7 Å². The number of esters is 1. The number of rotatable bonds is 5. The summed E-state index contributed by atoms with van der Waals surface area (Å²) >= 11 is 0. The highest BCUT2D eigenvalue weighted by Gasteiger charge is 2.75. The maximum absolute atomic E-state index is 13.1. The highest BCUT2D eigenvalue weighted by atomic mass is 16.5. The van der Waals surface area contributed by atoms with Crippen molar-refractivity contribution >= 4 is 12.0 Å². The second kappa shape index (κ2) is 6.88. The van der Waals surface area contributed by atoms with Gasteiger partial charge in [-0.05, 0) is 46.4 Å². The average molecular weight is 396 g/mol. The number of benzene rings is 3. The van der Waals surface area contributed by atoms with Crippen LogP contribution in [0.5, 0.6) is 11.5 Å². The molecule has 3 nitrogen and oxygen atoms in total. The smallest absolute Gasteiger partial charge is 0.311 e. The molecule has 0 saturated heterocycles. The van der Waals surface area contributed by atoms with Crippen LogP contribution in [0.25, 0.3) is 6.08 Å². The number of hydrogen-bond acceptors (Lipinski definition) is 3. The van der Waals surface area contributed by atoms with E-state index in [2.05, 4.69) is 38.1 Å². The van der Waals surface area contributed by atoms with Crippen LogP contribution in [0.1, 0.15) is 30.5 Å². The van der Waals surface area contributed by atoms with E-state index in [9.17, 15) is 4.79 Å². The van der Waals surface area contributed by atoms with Gasteiger partial charge in [-0.25, -0.2) is 0 Å². The van der Waals surface area contributed by atoms with Crippen molar-refractivity contribution in [2.45, 2.75) is 25.9 Å². The third-order valence-corrected chi connectivity index (χ3v) is 6.59. The molecule has 2 aliphatic carbocycles. The summed E-state index contributed by atoms with van der Waals surface area (Å²) in [5.41, 5.74) is 2.93. The van der Waals surface area contributed by atoms with Crippen LogP contribution in [0, 0.1) is 11.3 Å². The summed E-state index contributed by atoms with van der Waals surface area (Å²) in [6.07, 6.45) is 4.33. The van der Waals surface area contributed by atoms with Gasteiger partial charge in [-0.15, -0.1) is 0 Å². The number of ether oxygens (including phenoxy) is 2. The summed E-state index contributed by atoms with van der Waals surface area (Å²) in [5.74, 6) is 1.19. The lowest BCUT2D eigenvalue weighted by molar-refractivity contribution is -0.147. The van der Waals surface area contributed by atoms with Crippen LogP contribution in [-0.4, -0.2) is 5.97 Å². The molecule has 3 aromatic carbocycles. The van der Waals surface area contributed by atoms with Crippen molar-refractivity contribution in [3.05, 3.63) is 102 Å². The Balaban J connectivity index is 1.29. The molecule has 1 spiro atoms. The lowest BCUT2D eigenvalue weighted by atomic mass is 9.90. The quantitative estimate of drug-likeness (QED) is 0.486. The summed E-state index contributed by atoms with van der Waals surface area (Å²) in [7, 11) is 0. The van der Waals surface area contributed by atoms with Gasteiger partial charge in [-0.2, -0.15) is 0 Å². The van der Waals surface area contributed by atoms with Gasteiger partial charge in [0.15, 0.2) is 0 Å². The Hall–Kier alpha value is -3.33. The predicted molar refractivity (Wildman–Crippen MR) is 117 cm³/mol. The Morgan fingerprint density at radius 3 is 2.47 bits per heavy atom. The van der Waals surface area contributed by atoms with Gasteiger partial charge in [0, 0.05) is 5.41 Å². The summed E-state index contributed by atoms with van der Waals surface area (Å²) < 4.78 is 11.7. The zero-order valence-corrected chi connectivity index (χ0v) is 17.2. The molecule has 0 unspecified atom stereocenters. The Kier molecular flexibility index (Phi) is 4.28. The van der Waals surface area contributed by atoms with E-state index in [1.165, 1.54) is 11.1 Å². The lowest BCUT2D eigenvalue weighted by Gasteiger charge is -2.13. The van der Waals surface area contributed by atoms with E-state index >= 15 is 0 Å². The monoisotopic (exact) mass is 396 g/mol. The summed E-state index contributed by atoms with van der Waals surface area (Å²) in [4.78, 5) is 13.1. The normalized spacial score (nSPS) is 22.5. The number of hydrogen-bond donors (Lipinski definition) is 0. The maximum atomic E-state index is 13.1. The predicted octanol–water partition coefficient (Wildman–Crippen LogP) is 6.14. The van der Waals surface area contributed by atoms with Crippen molar-refractivity contribution in [1.82, 2.24) is 0 Å². The van der Waals surface area contributed by atoms with Gasteiger partial charge in [0.25, 0.3) is 0 Å². The molecule has 5 rings (SSSR count). The van der Waals surface area contributed by atoms with E-state index in [-0.39, 0.29) is 29.3 Å². The zero-order chi connectivity index (χ0) is 20.8. The first-order valence-electron chi connectivity index (χ1n) is 10.3. The molecule has 0 heterocycles. The van der Waals surface area contributed by atoms with E-state index in [0.29, 0.717) is 0 Å². The minimum absolute atomic E-state index is 0.143. The topological polar surface area (TPSA) is 35.5 Å². The molecule has 2 aliphatic rings. The summed E-state index contributed by atoms with van der Waals surface area (Å²) in [6, 6.07) is 25.6. The van der Waals surface area contributed by atoms with Crippen LogP contribution >= 0.6 is 0 Å². The van der Waals surface area contributed by atoms with Gasteiger partial charge >= 0.3 is 5.97 Å². The third kappa shape index (κ3) is 2.85. The second-order valence-electron chi connectivity index (χ2n) is 8.61. The molecular formula is C27H24O3. The van der Waals surface area contributed by atoms with Crippen LogP contribution in [0.2, 0.25) is 0 Å². The Morgan fingerprint density at radius 2 is 1.63 bits per heavy atom. The van der Waals surface area contributed by atoms with Gasteiger partial charge in [0.05, 0.1) is 5.92 Å². The first-order valence-corrected chi connectivity index (χ1v) is 10.3. The molecule has 0 N–H and O–H groups in total. The SMILES string of the molecule is CC1(C)[C@@H](C(=O)OCc2cccc(Oc3ccccc3)c2)[C@]12C=Cc1ccccc12. The largest absolute Gasteiger partial charge is 0.461 e. The highest BCUT2D eigenvalue weighted by Crippen LogP contribution is 2.72. The molecular weight excluding hydrogens is 372 g/mol. The van der Waals surface area contributed by atoms with E-state index in [4.69, 9.17) is 9.47 Å². The van der Waals surface area contributed by atoms with Crippen LogP contribution in [0.3, 0.4) is 0 Å². The fourth-order valence-corrected chi connectivity index (χ4v) is 4.98. The molecule has 0 bridgehead atoms. The molecule has 0 aliphatic heterocycles. The zero-order valence-electron chi connectivity index (χ0n) is 17.2. The van der Waals surface area contributed by atoms with Crippen molar-refractivity contribution in [2.75, 3.05) is 0 Å². The van der Waals surface area contributed by atoms with Gasteiger partial charge < -0.3 is 9.47 Å². The van der Waals surface area contributed by atoms with E-state index in [0.717, 1.165) is 17.1 Å². The molecule has 150 valence electrons. The highest BCUT2D eigenvalue weighted by molar-refractivity contribution is 5.86. The van der Waals surface area contributed by atoms with E-state index in [1.54, 1.807) is 0 Å². The van der Waals surface area contributed by atoms with Gasteiger partial charge in [-0.3, -0.25) is 4.79 Å². The first kappa shape index (κ1) is 18.7. The minimum atomic E-state index is -0.251. The van der Waals surface area contributed by atoms with Gasteiger partial charge in [0.2, 0.25) is 0 Å². The van der Waals surface area contributed by atoms with Crippen molar-refractivity contribution in [1.29, 1.82) is 0 Å². The standard InChI is InChI=1S/C27H24O3/c1-26(2)24(27(26)16-15-20-10-6-7-14-23(20)27)25(28)29-18-19-9-8-13-22(17-19)30-21-11-4-3-5-12-21/h3-17,24H,18H2,1-2H3/t24-,27-/m1/s1. The molecule has 0 radical (unpaired) electrons. The van der Waals surface area contributed by atoms with Crippen LogP contribution in [0.15, 0.2) is 84.9 Å². The molecule has 2 atom stereocenters. The van der Waals surface area contributed by atoms with Crippen molar-refractivity contribution in [2.24, 2.45) is 11.3 Å². The molecule has 1 fully saturated rings. The van der Waals surface area contributed by atoms with Crippen molar-refractivity contribution in [3.8, 4) is 11.5 Å². The third-order valence-electron chi connectivity index (χ3n) is 6.59. The van der Waals surface area contributed by atoms with Crippen molar-refractivity contribution in [3.63, 3.8) is 0 Å². The maximum Gasteiger partial charge on any atom is 0.311 e. The molecule has 1 saturated carbocycles. The molecule has 3 heteroatoms. The Labute approximate surface area is 177 Å². The van der Waals surface area contributed by atoms with E-state index < -0.39 is 0 Å². The molecule has 0 amide bonds. The summed E-state index contributed by atoms with van der Waals surface area (Å²) in [5, 5.41) is 0. The van der Waals surface area contributed by atoms with Crippen LogP contribution in [-0.2, 0) is 21.6 Å². The van der Waals surface area contributed by atoms with Crippen LogP contribution < -0.4 is 4.74 Å². The fourth-order valence-electron chi connectivity index (χ4n) is 4.98. The summed E-state index contributed by atoms with van der Waals surface area (Å²) in [6.45, 7) is 4.54. The molecule has 30 heavy (non-hydrogen) atoms. The minimum Gasteiger partial charge on any atom is -0.461 e. The lowest BCUT2D eigenvalue weighted by Crippen LogP contribution is -2.14. The van der Waals surface area contributed by atoms with Gasteiger partial charge in [0.1, 0.15) is 18.1 Å². The number of carbonyl (C=O) groups is 1. The Morgan fingerprint density at radius 1 is 0.900 bits per heavy atom. The Bertz CT molecular complexity index is 1130. The number of allylic oxidation sites excluding steroid dienone is 1. The number of fused-ring (bicyclic) bond motifs is 2. The molecule has 0 aromatic heterocycles. The number of para-hydroxylation sites is 1. The fraction of sp³-hybridized carbons (Fsp3) is 0.222. The average Bonchev–Trinajstić information content (AvgIpc) is 3.04. The van der Waals surface area contributed by atoms with Crippen molar-refractivity contribution < 1.29 is 14.3 Å². The first-order chi connectivity index (χ1) is 14.5.